The zero-order valence-corrected chi connectivity index (χ0v) is 12.2. The van der Waals surface area contributed by atoms with Crippen LogP contribution in [0.4, 0.5) is 5.69 Å². The van der Waals surface area contributed by atoms with Crippen LogP contribution in [-0.4, -0.2) is 11.1 Å². The van der Waals surface area contributed by atoms with Crippen LogP contribution in [0.5, 0.6) is 0 Å². The number of hydrogen-bond donors (Lipinski definition) is 2. The van der Waals surface area contributed by atoms with Crippen LogP contribution < -0.4 is 5.32 Å². The predicted molar refractivity (Wildman–Crippen MR) is 83.3 cm³/mol. The second-order valence-electron chi connectivity index (χ2n) is 5.40. The van der Waals surface area contributed by atoms with Crippen LogP contribution in [0.2, 0.25) is 5.02 Å². The fraction of sp³-hybridized carbons (Fsp3) is 0.294. The van der Waals surface area contributed by atoms with Crippen molar-refractivity contribution in [3.8, 4) is 0 Å². The SMILES string of the molecule is Cc1ccc(C(O)C2CCc3ccccc3N2)cc1Cl. The number of rotatable bonds is 2. The van der Waals surface area contributed by atoms with Gasteiger partial charge in [0, 0.05) is 10.7 Å². The molecule has 3 heteroatoms. The standard InChI is InChI=1S/C17H18ClNO/c1-11-6-7-13(10-14(11)18)17(20)16-9-8-12-4-2-3-5-15(12)19-16/h2-7,10,16-17,19-20H,8-9H2,1H3. The molecule has 0 amide bonds. The number of aliphatic hydroxyl groups is 1. The van der Waals surface area contributed by atoms with Gasteiger partial charge < -0.3 is 10.4 Å². The zero-order chi connectivity index (χ0) is 14.1. The van der Waals surface area contributed by atoms with Crippen LogP contribution >= 0.6 is 11.6 Å². The minimum atomic E-state index is -0.540. The molecule has 0 saturated heterocycles. The van der Waals surface area contributed by atoms with Gasteiger partial charge in [-0.1, -0.05) is 41.9 Å². The Morgan fingerprint density at radius 3 is 2.85 bits per heavy atom. The van der Waals surface area contributed by atoms with E-state index >= 15 is 0 Å². The highest BCUT2D eigenvalue weighted by Crippen LogP contribution is 2.31. The van der Waals surface area contributed by atoms with Gasteiger partial charge in [-0.2, -0.15) is 0 Å². The molecule has 0 radical (unpaired) electrons. The molecule has 2 N–H and O–H groups in total. The number of aliphatic hydroxyl groups excluding tert-OH is 1. The number of anilines is 1. The third-order valence-corrected chi connectivity index (χ3v) is 4.41. The smallest absolute Gasteiger partial charge is 0.0991 e. The molecule has 104 valence electrons. The van der Waals surface area contributed by atoms with E-state index in [0.29, 0.717) is 5.02 Å². The molecule has 0 bridgehead atoms. The molecular weight excluding hydrogens is 270 g/mol. The van der Waals surface area contributed by atoms with Gasteiger partial charge in [-0.25, -0.2) is 0 Å². The highest BCUT2D eigenvalue weighted by atomic mass is 35.5. The first-order valence-corrected chi connectivity index (χ1v) is 7.31. The number of fused-ring (bicyclic) bond motifs is 1. The van der Waals surface area contributed by atoms with Gasteiger partial charge in [-0.15, -0.1) is 0 Å². The molecule has 2 unspecified atom stereocenters. The Morgan fingerprint density at radius 2 is 2.05 bits per heavy atom. The number of halogens is 1. The van der Waals surface area contributed by atoms with Crippen molar-refractivity contribution in [1.29, 1.82) is 0 Å². The number of nitrogens with one attached hydrogen (secondary N) is 1. The summed E-state index contributed by atoms with van der Waals surface area (Å²) in [7, 11) is 0. The van der Waals surface area contributed by atoms with Gasteiger partial charge in [-0.05, 0) is 48.6 Å². The second-order valence-corrected chi connectivity index (χ2v) is 5.81. The Bertz CT molecular complexity index is 626. The predicted octanol–water partition coefficient (Wildman–Crippen LogP) is 4.11. The summed E-state index contributed by atoms with van der Waals surface area (Å²) >= 11 is 6.15. The van der Waals surface area contributed by atoms with Crippen molar-refractivity contribution in [2.75, 3.05) is 5.32 Å². The van der Waals surface area contributed by atoms with Gasteiger partial charge in [0.1, 0.15) is 0 Å². The second kappa shape index (κ2) is 5.47. The van der Waals surface area contributed by atoms with Crippen molar-refractivity contribution in [2.45, 2.75) is 31.9 Å². The first kappa shape index (κ1) is 13.5. The average molecular weight is 288 g/mol. The van der Waals surface area contributed by atoms with E-state index in [1.807, 2.05) is 31.2 Å². The van der Waals surface area contributed by atoms with Crippen molar-refractivity contribution in [3.05, 3.63) is 64.2 Å². The largest absolute Gasteiger partial charge is 0.386 e. The number of para-hydroxylation sites is 1. The lowest BCUT2D eigenvalue weighted by atomic mass is 9.91. The molecule has 20 heavy (non-hydrogen) atoms. The van der Waals surface area contributed by atoms with Crippen molar-refractivity contribution >= 4 is 17.3 Å². The Kier molecular flexibility index (Phi) is 3.68. The van der Waals surface area contributed by atoms with Gasteiger partial charge in [-0.3, -0.25) is 0 Å². The van der Waals surface area contributed by atoms with Crippen LogP contribution in [0.1, 0.15) is 29.2 Å². The maximum Gasteiger partial charge on any atom is 0.0991 e. The summed E-state index contributed by atoms with van der Waals surface area (Å²) in [4.78, 5) is 0. The fourth-order valence-corrected chi connectivity index (χ4v) is 2.91. The van der Waals surface area contributed by atoms with Crippen molar-refractivity contribution in [2.24, 2.45) is 0 Å². The summed E-state index contributed by atoms with van der Waals surface area (Å²) in [6.45, 7) is 1.97. The van der Waals surface area contributed by atoms with E-state index in [2.05, 4.69) is 23.5 Å². The fourth-order valence-electron chi connectivity index (χ4n) is 2.72. The van der Waals surface area contributed by atoms with Gasteiger partial charge >= 0.3 is 0 Å². The monoisotopic (exact) mass is 287 g/mol. The lowest BCUT2D eigenvalue weighted by Crippen LogP contribution is -2.31. The van der Waals surface area contributed by atoms with E-state index in [4.69, 9.17) is 11.6 Å². The molecule has 1 heterocycles. The van der Waals surface area contributed by atoms with Crippen LogP contribution in [0.3, 0.4) is 0 Å². The zero-order valence-electron chi connectivity index (χ0n) is 11.4. The van der Waals surface area contributed by atoms with E-state index in [1.165, 1.54) is 5.56 Å². The normalized spacial score (nSPS) is 19.1. The van der Waals surface area contributed by atoms with Crippen molar-refractivity contribution in [3.63, 3.8) is 0 Å². The topological polar surface area (TPSA) is 32.3 Å². The van der Waals surface area contributed by atoms with E-state index in [1.54, 1.807) is 0 Å². The summed E-state index contributed by atoms with van der Waals surface area (Å²) in [5, 5.41) is 14.7. The summed E-state index contributed by atoms with van der Waals surface area (Å²) < 4.78 is 0. The quantitative estimate of drug-likeness (QED) is 0.871. The Hall–Kier alpha value is -1.51. The molecule has 0 aliphatic carbocycles. The first-order valence-electron chi connectivity index (χ1n) is 6.94. The van der Waals surface area contributed by atoms with Gasteiger partial charge in [0.25, 0.3) is 0 Å². The lowest BCUT2D eigenvalue weighted by Gasteiger charge is -2.31. The lowest BCUT2D eigenvalue weighted by molar-refractivity contribution is 0.149. The molecule has 2 aromatic carbocycles. The molecule has 1 aliphatic rings. The third-order valence-electron chi connectivity index (χ3n) is 4.00. The number of hydrogen-bond acceptors (Lipinski definition) is 2. The van der Waals surface area contributed by atoms with Gasteiger partial charge in [0.05, 0.1) is 12.1 Å². The maximum absolute atomic E-state index is 10.6. The molecule has 0 fully saturated rings. The molecule has 2 atom stereocenters. The molecule has 2 aromatic rings. The maximum atomic E-state index is 10.6. The molecule has 2 nitrogen and oxygen atoms in total. The van der Waals surface area contributed by atoms with Crippen LogP contribution in [-0.2, 0) is 6.42 Å². The summed E-state index contributed by atoms with van der Waals surface area (Å²) in [5.41, 5.74) is 4.35. The Balaban J connectivity index is 1.82. The molecule has 0 spiro atoms. The summed E-state index contributed by atoms with van der Waals surface area (Å²) in [5.74, 6) is 0. The van der Waals surface area contributed by atoms with Crippen LogP contribution in [0.15, 0.2) is 42.5 Å². The van der Waals surface area contributed by atoms with Crippen LogP contribution in [0.25, 0.3) is 0 Å². The molecule has 3 rings (SSSR count). The summed E-state index contributed by atoms with van der Waals surface area (Å²) in [6.07, 6.45) is 1.37. The molecule has 0 aromatic heterocycles. The average Bonchev–Trinajstić information content (AvgIpc) is 2.49. The molecular formula is C17H18ClNO. The van der Waals surface area contributed by atoms with Gasteiger partial charge in [0.15, 0.2) is 0 Å². The van der Waals surface area contributed by atoms with Crippen molar-refractivity contribution in [1.82, 2.24) is 0 Å². The van der Waals surface area contributed by atoms with Crippen molar-refractivity contribution < 1.29 is 5.11 Å². The highest BCUT2D eigenvalue weighted by Gasteiger charge is 2.25. The Morgan fingerprint density at radius 1 is 1.25 bits per heavy atom. The van der Waals surface area contributed by atoms with Gasteiger partial charge in [0.2, 0.25) is 0 Å². The van der Waals surface area contributed by atoms with E-state index < -0.39 is 6.10 Å². The Labute approximate surface area is 124 Å². The molecule has 1 aliphatic heterocycles. The summed E-state index contributed by atoms with van der Waals surface area (Å²) in [6, 6.07) is 14.1. The van der Waals surface area contributed by atoms with E-state index in [9.17, 15) is 5.11 Å². The van der Waals surface area contributed by atoms with E-state index in [0.717, 1.165) is 29.7 Å². The number of aryl methyl sites for hydroxylation is 2. The van der Waals surface area contributed by atoms with E-state index in [-0.39, 0.29) is 6.04 Å². The first-order chi connectivity index (χ1) is 9.65. The van der Waals surface area contributed by atoms with Crippen LogP contribution in [0, 0.1) is 6.92 Å². The minimum absolute atomic E-state index is 0.0312. The highest BCUT2D eigenvalue weighted by molar-refractivity contribution is 6.31. The number of benzene rings is 2. The third kappa shape index (κ3) is 2.54. The molecule has 0 saturated carbocycles. The minimum Gasteiger partial charge on any atom is -0.386 e.